The van der Waals surface area contributed by atoms with E-state index in [1.165, 1.54) is 0 Å². The minimum atomic E-state index is -0.880. The summed E-state index contributed by atoms with van der Waals surface area (Å²) in [6.07, 6.45) is 5.64. The first-order valence-electron chi connectivity index (χ1n) is 8.06. The third-order valence-corrected chi connectivity index (χ3v) is 5.33. The first-order chi connectivity index (χ1) is 10.1. The summed E-state index contributed by atoms with van der Waals surface area (Å²) in [6.45, 7) is 1.06. The molecule has 0 spiro atoms. The molecular formula is C15H24N2O4. The second kappa shape index (κ2) is 5.83. The van der Waals surface area contributed by atoms with Gasteiger partial charge >= 0.3 is 12.0 Å². The van der Waals surface area contributed by atoms with Crippen LogP contribution < -0.4 is 0 Å². The van der Waals surface area contributed by atoms with E-state index in [9.17, 15) is 19.8 Å². The van der Waals surface area contributed by atoms with Crippen LogP contribution in [0.25, 0.3) is 0 Å². The van der Waals surface area contributed by atoms with Crippen LogP contribution in [0.4, 0.5) is 4.79 Å². The Bertz CT molecular complexity index is 420. The fourth-order valence-electron chi connectivity index (χ4n) is 4.18. The summed E-state index contributed by atoms with van der Waals surface area (Å²) in [5.41, 5.74) is 0. The van der Waals surface area contributed by atoms with Crippen molar-refractivity contribution in [2.24, 2.45) is 5.92 Å². The molecule has 2 N–H and O–H groups in total. The predicted molar refractivity (Wildman–Crippen MR) is 75.8 cm³/mol. The number of carboxylic acids is 1. The summed E-state index contributed by atoms with van der Waals surface area (Å²) in [7, 11) is 0. The van der Waals surface area contributed by atoms with E-state index in [-0.39, 0.29) is 18.2 Å². The van der Waals surface area contributed by atoms with E-state index in [4.69, 9.17) is 0 Å². The van der Waals surface area contributed by atoms with Gasteiger partial charge in [0.1, 0.15) is 6.04 Å². The van der Waals surface area contributed by atoms with Crippen molar-refractivity contribution in [1.82, 2.24) is 9.80 Å². The van der Waals surface area contributed by atoms with Gasteiger partial charge in [0.15, 0.2) is 0 Å². The van der Waals surface area contributed by atoms with E-state index in [2.05, 4.69) is 0 Å². The molecule has 0 bridgehead atoms. The molecule has 3 fully saturated rings. The van der Waals surface area contributed by atoms with Crippen molar-refractivity contribution in [3.05, 3.63) is 0 Å². The first-order valence-corrected chi connectivity index (χ1v) is 8.06. The molecule has 3 rings (SSSR count). The van der Waals surface area contributed by atoms with Crippen molar-refractivity contribution in [3.8, 4) is 0 Å². The zero-order valence-corrected chi connectivity index (χ0v) is 12.3. The van der Waals surface area contributed by atoms with Gasteiger partial charge in [-0.2, -0.15) is 0 Å². The number of nitrogens with zero attached hydrogens (tertiary/aromatic N) is 2. The van der Waals surface area contributed by atoms with Gasteiger partial charge in [-0.1, -0.05) is 12.8 Å². The van der Waals surface area contributed by atoms with Crippen molar-refractivity contribution in [2.75, 3.05) is 13.1 Å². The standard InChI is InChI=1S/C15H24N2O4/c18-11-5-7-16(8-6-11)15(21)17-12-4-2-1-3-10(12)9-13(17)14(19)20/h10-13,18H,1-9H2,(H,19,20). The normalized spacial score (nSPS) is 33.9. The largest absolute Gasteiger partial charge is 0.480 e. The number of carbonyl (C=O) groups excluding carboxylic acids is 1. The summed E-state index contributed by atoms with van der Waals surface area (Å²) >= 11 is 0. The Labute approximate surface area is 124 Å². The van der Waals surface area contributed by atoms with Crippen LogP contribution in [0.1, 0.15) is 44.9 Å². The number of piperidine rings is 1. The molecule has 6 nitrogen and oxygen atoms in total. The number of hydrogen-bond acceptors (Lipinski definition) is 3. The third kappa shape index (κ3) is 2.73. The summed E-state index contributed by atoms with van der Waals surface area (Å²) < 4.78 is 0. The Balaban J connectivity index is 1.76. The lowest BCUT2D eigenvalue weighted by atomic mass is 9.85. The molecule has 2 saturated heterocycles. The molecular weight excluding hydrogens is 272 g/mol. The fourth-order valence-corrected chi connectivity index (χ4v) is 4.18. The van der Waals surface area contributed by atoms with E-state index in [0.29, 0.717) is 38.3 Å². The molecule has 0 aromatic carbocycles. The minimum Gasteiger partial charge on any atom is -0.480 e. The van der Waals surface area contributed by atoms with Crippen LogP contribution in [0.3, 0.4) is 0 Å². The molecule has 0 aromatic rings. The Kier molecular flexibility index (Phi) is 4.06. The zero-order valence-electron chi connectivity index (χ0n) is 12.3. The lowest BCUT2D eigenvalue weighted by molar-refractivity contribution is -0.141. The molecule has 2 amide bonds. The molecule has 1 saturated carbocycles. The van der Waals surface area contributed by atoms with E-state index in [1.807, 2.05) is 0 Å². The van der Waals surface area contributed by atoms with Gasteiger partial charge in [-0.15, -0.1) is 0 Å². The van der Waals surface area contributed by atoms with E-state index in [1.54, 1.807) is 9.80 Å². The quantitative estimate of drug-likeness (QED) is 0.764. The molecule has 3 aliphatic rings. The Morgan fingerprint density at radius 3 is 2.33 bits per heavy atom. The average molecular weight is 296 g/mol. The number of rotatable bonds is 1. The summed E-state index contributed by atoms with van der Waals surface area (Å²) in [5, 5.41) is 19.0. The molecule has 0 radical (unpaired) electrons. The van der Waals surface area contributed by atoms with Crippen molar-refractivity contribution < 1.29 is 19.8 Å². The highest BCUT2D eigenvalue weighted by atomic mass is 16.4. The monoisotopic (exact) mass is 296 g/mol. The number of amides is 2. The molecule has 0 aromatic heterocycles. The van der Waals surface area contributed by atoms with Crippen molar-refractivity contribution in [2.45, 2.75) is 63.1 Å². The van der Waals surface area contributed by atoms with E-state index < -0.39 is 12.0 Å². The molecule has 21 heavy (non-hydrogen) atoms. The second-order valence-corrected chi connectivity index (χ2v) is 6.61. The van der Waals surface area contributed by atoms with Gasteiger partial charge in [-0.3, -0.25) is 0 Å². The first kappa shape index (κ1) is 14.6. The summed E-state index contributed by atoms with van der Waals surface area (Å²) in [6, 6.07) is -0.708. The van der Waals surface area contributed by atoms with Crippen molar-refractivity contribution >= 4 is 12.0 Å². The number of carboxylic acid groups (broad SMARTS) is 1. The zero-order chi connectivity index (χ0) is 15.0. The topological polar surface area (TPSA) is 81.1 Å². The average Bonchev–Trinajstić information content (AvgIpc) is 2.87. The number of aliphatic hydroxyl groups is 1. The number of aliphatic hydroxyl groups excluding tert-OH is 1. The second-order valence-electron chi connectivity index (χ2n) is 6.61. The number of fused-ring (bicyclic) bond motifs is 1. The van der Waals surface area contributed by atoms with Crippen LogP contribution in [-0.4, -0.2) is 63.3 Å². The number of urea groups is 1. The van der Waals surface area contributed by atoms with Gasteiger partial charge < -0.3 is 20.0 Å². The third-order valence-electron chi connectivity index (χ3n) is 5.33. The van der Waals surface area contributed by atoms with Crippen LogP contribution in [-0.2, 0) is 4.79 Å². The Morgan fingerprint density at radius 1 is 1.00 bits per heavy atom. The van der Waals surface area contributed by atoms with E-state index in [0.717, 1.165) is 25.7 Å². The lowest BCUT2D eigenvalue weighted by Gasteiger charge is -2.38. The Hall–Kier alpha value is -1.30. The highest BCUT2D eigenvalue weighted by molar-refractivity contribution is 5.84. The molecule has 3 unspecified atom stereocenters. The number of carbonyl (C=O) groups is 2. The molecule has 2 aliphatic heterocycles. The van der Waals surface area contributed by atoms with Crippen LogP contribution in [0, 0.1) is 5.92 Å². The van der Waals surface area contributed by atoms with Gasteiger partial charge in [-0.25, -0.2) is 9.59 Å². The smallest absolute Gasteiger partial charge is 0.326 e. The van der Waals surface area contributed by atoms with Crippen LogP contribution in [0.5, 0.6) is 0 Å². The van der Waals surface area contributed by atoms with Crippen LogP contribution in [0.2, 0.25) is 0 Å². The highest BCUT2D eigenvalue weighted by Crippen LogP contribution is 2.40. The van der Waals surface area contributed by atoms with Gasteiger partial charge in [0.2, 0.25) is 0 Å². The number of likely N-dealkylation sites (tertiary alicyclic amines) is 2. The molecule has 2 heterocycles. The Morgan fingerprint density at radius 2 is 1.67 bits per heavy atom. The predicted octanol–water partition coefficient (Wildman–Crippen LogP) is 1.28. The van der Waals surface area contributed by atoms with Gasteiger partial charge in [-0.05, 0) is 38.0 Å². The molecule has 6 heteroatoms. The van der Waals surface area contributed by atoms with Crippen LogP contribution >= 0.6 is 0 Å². The molecule has 3 atom stereocenters. The van der Waals surface area contributed by atoms with Gasteiger partial charge in [0.05, 0.1) is 6.10 Å². The van der Waals surface area contributed by atoms with Gasteiger partial charge in [0, 0.05) is 19.1 Å². The fraction of sp³-hybridized carbons (Fsp3) is 0.867. The maximum Gasteiger partial charge on any atom is 0.326 e. The SMILES string of the molecule is O=C(O)C1CC2CCCCC2N1C(=O)N1CCC(O)CC1. The van der Waals surface area contributed by atoms with Gasteiger partial charge in [0.25, 0.3) is 0 Å². The van der Waals surface area contributed by atoms with Crippen molar-refractivity contribution in [1.29, 1.82) is 0 Å². The lowest BCUT2D eigenvalue weighted by Crippen LogP contribution is -2.54. The number of hydrogen-bond donors (Lipinski definition) is 2. The maximum absolute atomic E-state index is 12.8. The number of aliphatic carboxylic acids is 1. The molecule has 1 aliphatic carbocycles. The summed E-state index contributed by atoms with van der Waals surface area (Å²) in [4.78, 5) is 27.7. The minimum absolute atomic E-state index is 0.0965. The van der Waals surface area contributed by atoms with Crippen molar-refractivity contribution in [3.63, 3.8) is 0 Å². The highest BCUT2D eigenvalue weighted by Gasteiger charge is 2.48. The molecule has 118 valence electrons. The van der Waals surface area contributed by atoms with Crippen LogP contribution in [0.15, 0.2) is 0 Å². The maximum atomic E-state index is 12.8. The van der Waals surface area contributed by atoms with E-state index >= 15 is 0 Å². The summed E-state index contributed by atoms with van der Waals surface area (Å²) in [5.74, 6) is -0.533.